The standard InChI is InChI=1S/C8H16NO5P/c1-14-15(12,13)5-6-2-3-9-7(4-6)8(10)11/h6-7,9H,2-5H2,1H3,(H,10,11)(H,12,13)/t6-,7+/m1/s1. The molecule has 0 saturated carbocycles. The zero-order chi connectivity index (χ0) is 11.5. The van der Waals surface area contributed by atoms with E-state index < -0.39 is 19.6 Å². The van der Waals surface area contributed by atoms with Crippen LogP contribution >= 0.6 is 7.60 Å². The maximum Gasteiger partial charge on any atom is 0.328 e. The Morgan fingerprint density at radius 1 is 1.67 bits per heavy atom. The summed E-state index contributed by atoms with van der Waals surface area (Å²) in [7, 11) is -2.33. The van der Waals surface area contributed by atoms with Crippen LogP contribution < -0.4 is 5.32 Å². The molecular weight excluding hydrogens is 221 g/mol. The van der Waals surface area contributed by atoms with Crippen LogP contribution in [0.1, 0.15) is 12.8 Å². The average molecular weight is 237 g/mol. The summed E-state index contributed by atoms with van der Waals surface area (Å²) in [4.78, 5) is 20.0. The van der Waals surface area contributed by atoms with Gasteiger partial charge in [-0.3, -0.25) is 9.36 Å². The molecule has 1 saturated heterocycles. The van der Waals surface area contributed by atoms with Crippen LogP contribution in [0.15, 0.2) is 0 Å². The summed E-state index contributed by atoms with van der Waals surface area (Å²) < 4.78 is 15.8. The fourth-order valence-corrected chi connectivity index (χ4v) is 2.88. The van der Waals surface area contributed by atoms with Crippen LogP contribution in [-0.4, -0.2) is 41.8 Å². The Bertz CT molecular complexity index is 282. The minimum atomic E-state index is -3.52. The number of carboxylic acids is 1. The highest BCUT2D eigenvalue weighted by atomic mass is 31.2. The van der Waals surface area contributed by atoms with Crippen LogP contribution in [0.5, 0.6) is 0 Å². The molecule has 0 amide bonds. The molecule has 1 unspecified atom stereocenters. The van der Waals surface area contributed by atoms with Crippen molar-refractivity contribution in [3.05, 3.63) is 0 Å². The van der Waals surface area contributed by atoms with E-state index in [4.69, 9.17) is 5.11 Å². The van der Waals surface area contributed by atoms with Crippen molar-refractivity contribution >= 4 is 13.6 Å². The predicted molar refractivity (Wildman–Crippen MR) is 53.9 cm³/mol. The molecule has 15 heavy (non-hydrogen) atoms. The normalized spacial score (nSPS) is 30.8. The Balaban J connectivity index is 2.50. The van der Waals surface area contributed by atoms with Gasteiger partial charge >= 0.3 is 13.6 Å². The third-order valence-electron chi connectivity index (χ3n) is 2.58. The first-order valence-corrected chi connectivity index (χ1v) is 6.54. The van der Waals surface area contributed by atoms with E-state index >= 15 is 0 Å². The van der Waals surface area contributed by atoms with Gasteiger partial charge in [-0.25, -0.2) is 0 Å². The van der Waals surface area contributed by atoms with E-state index in [1.54, 1.807) is 0 Å². The molecule has 1 heterocycles. The van der Waals surface area contributed by atoms with Crippen LogP contribution in [0, 0.1) is 5.92 Å². The Hall–Kier alpha value is -0.420. The van der Waals surface area contributed by atoms with Crippen molar-refractivity contribution in [2.45, 2.75) is 18.9 Å². The summed E-state index contributed by atoms with van der Waals surface area (Å²) in [6.07, 6.45) is 1.12. The van der Waals surface area contributed by atoms with Gasteiger partial charge in [-0.1, -0.05) is 0 Å². The predicted octanol–water partition coefficient (Wildman–Crippen LogP) is 0.271. The van der Waals surface area contributed by atoms with Crippen molar-refractivity contribution in [2.75, 3.05) is 19.8 Å². The van der Waals surface area contributed by atoms with Gasteiger partial charge in [-0.15, -0.1) is 0 Å². The number of rotatable bonds is 4. The molecule has 0 bridgehead atoms. The van der Waals surface area contributed by atoms with E-state index in [9.17, 15) is 14.3 Å². The third kappa shape index (κ3) is 3.91. The number of aliphatic carboxylic acids is 1. The summed E-state index contributed by atoms with van der Waals surface area (Å²) in [5.41, 5.74) is 0. The number of carbonyl (C=O) groups is 1. The number of hydrogen-bond acceptors (Lipinski definition) is 4. The summed E-state index contributed by atoms with van der Waals surface area (Å²) in [5, 5.41) is 11.6. The van der Waals surface area contributed by atoms with Crippen molar-refractivity contribution in [2.24, 2.45) is 5.92 Å². The second kappa shape index (κ2) is 5.07. The van der Waals surface area contributed by atoms with Crippen LogP contribution in [0.4, 0.5) is 0 Å². The summed E-state index contributed by atoms with van der Waals surface area (Å²) in [6, 6.07) is -0.611. The van der Waals surface area contributed by atoms with Gasteiger partial charge in [0.25, 0.3) is 0 Å². The molecule has 3 atom stereocenters. The Morgan fingerprint density at radius 3 is 2.87 bits per heavy atom. The molecule has 1 aliphatic rings. The van der Waals surface area contributed by atoms with Crippen LogP contribution in [-0.2, 0) is 13.9 Å². The summed E-state index contributed by atoms with van der Waals surface area (Å²) >= 11 is 0. The molecule has 6 nitrogen and oxygen atoms in total. The number of carboxylic acid groups (broad SMARTS) is 1. The number of hydrogen-bond donors (Lipinski definition) is 3. The van der Waals surface area contributed by atoms with Gasteiger partial charge in [0.1, 0.15) is 6.04 Å². The maximum atomic E-state index is 11.3. The monoisotopic (exact) mass is 237 g/mol. The largest absolute Gasteiger partial charge is 0.480 e. The lowest BCUT2D eigenvalue weighted by molar-refractivity contribution is -0.140. The van der Waals surface area contributed by atoms with Crippen molar-refractivity contribution in [1.29, 1.82) is 0 Å². The topological polar surface area (TPSA) is 95.9 Å². The smallest absolute Gasteiger partial charge is 0.328 e. The molecule has 0 aromatic rings. The Morgan fingerprint density at radius 2 is 2.33 bits per heavy atom. The number of nitrogens with one attached hydrogen (secondary N) is 1. The van der Waals surface area contributed by atoms with E-state index in [0.717, 1.165) is 0 Å². The fourth-order valence-electron chi connectivity index (χ4n) is 1.75. The molecular formula is C8H16NO5P. The highest BCUT2D eigenvalue weighted by molar-refractivity contribution is 7.52. The van der Waals surface area contributed by atoms with Crippen LogP contribution in [0.25, 0.3) is 0 Å². The minimum Gasteiger partial charge on any atom is -0.480 e. The molecule has 1 aliphatic heterocycles. The SMILES string of the molecule is COP(=O)(O)C[C@@H]1CCN[C@H](C(=O)O)C1. The first kappa shape index (κ1) is 12.6. The number of piperidine rings is 1. The van der Waals surface area contributed by atoms with E-state index in [0.29, 0.717) is 19.4 Å². The molecule has 0 aromatic carbocycles. The van der Waals surface area contributed by atoms with E-state index in [-0.39, 0.29) is 12.1 Å². The second-order valence-electron chi connectivity index (χ2n) is 3.74. The third-order valence-corrected chi connectivity index (χ3v) is 4.13. The summed E-state index contributed by atoms with van der Waals surface area (Å²) in [6.45, 7) is 0.561. The highest BCUT2D eigenvalue weighted by Crippen LogP contribution is 2.44. The van der Waals surface area contributed by atoms with Crippen molar-refractivity contribution < 1.29 is 23.9 Å². The van der Waals surface area contributed by atoms with Gasteiger partial charge in [-0.05, 0) is 25.3 Å². The first-order valence-electron chi connectivity index (χ1n) is 4.78. The minimum absolute atomic E-state index is 0.0367. The van der Waals surface area contributed by atoms with Crippen LogP contribution in [0.3, 0.4) is 0 Å². The Kier molecular flexibility index (Phi) is 4.28. The molecule has 0 spiro atoms. The summed E-state index contributed by atoms with van der Waals surface area (Å²) in [5.74, 6) is -0.979. The highest BCUT2D eigenvalue weighted by Gasteiger charge is 2.31. The second-order valence-corrected chi connectivity index (χ2v) is 5.74. The lowest BCUT2D eigenvalue weighted by Gasteiger charge is -2.28. The van der Waals surface area contributed by atoms with E-state index in [1.165, 1.54) is 7.11 Å². The molecule has 7 heteroatoms. The Labute approximate surface area is 88.2 Å². The molecule has 0 radical (unpaired) electrons. The van der Waals surface area contributed by atoms with Crippen molar-refractivity contribution in [3.8, 4) is 0 Å². The van der Waals surface area contributed by atoms with Crippen molar-refractivity contribution in [3.63, 3.8) is 0 Å². The van der Waals surface area contributed by atoms with Gasteiger partial charge < -0.3 is 19.8 Å². The van der Waals surface area contributed by atoms with Gasteiger partial charge in [0.2, 0.25) is 0 Å². The molecule has 3 N–H and O–H groups in total. The zero-order valence-electron chi connectivity index (χ0n) is 8.55. The van der Waals surface area contributed by atoms with E-state index in [2.05, 4.69) is 9.84 Å². The molecule has 1 fully saturated rings. The van der Waals surface area contributed by atoms with Gasteiger partial charge in [0, 0.05) is 7.11 Å². The average Bonchev–Trinajstić information content (AvgIpc) is 2.17. The van der Waals surface area contributed by atoms with Gasteiger partial charge in [-0.2, -0.15) is 0 Å². The first-order chi connectivity index (χ1) is 6.94. The van der Waals surface area contributed by atoms with Crippen molar-refractivity contribution in [1.82, 2.24) is 5.32 Å². The lowest BCUT2D eigenvalue weighted by Crippen LogP contribution is -2.44. The quantitative estimate of drug-likeness (QED) is 0.607. The lowest BCUT2D eigenvalue weighted by atomic mass is 9.94. The maximum absolute atomic E-state index is 11.3. The van der Waals surface area contributed by atoms with E-state index in [1.807, 2.05) is 0 Å². The van der Waals surface area contributed by atoms with Crippen LogP contribution in [0.2, 0.25) is 0 Å². The zero-order valence-corrected chi connectivity index (χ0v) is 9.44. The fraction of sp³-hybridized carbons (Fsp3) is 0.875. The molecule has 88 valence electrons. The molecule has 0 aromatic heterocycles. The van der Waals surface area contributed by atoms with Gasteiger partial charge in [0.05, 0.1) is 6.16 Å². The molecule has 1 rings (SSSR count). The van der Waals surface area contributed by atoms with Gasteiger partial charge in [0.15, 0.2) is 0 Å². The molecule has 0 aliphatic carbocycles.